The molecule has 0 saturated carbocycles. The highest BCUT2D eigenvalue weighted by Gasteiger charge is 2.46. The van der Waals surface area contributed by atoms with Crippen LogP contribution >= 0.6 is 11.6 Å². The number of hydrogen-bond donors (Lipinski definition) is 3. The van der Waals surface area contributed by atoms with Gasteiger partial charge in [0.15, 0.2) is 0 Å². The first kappa shape index (κ1) is 28.4. The number of aromatic nitrogens is 2. The number of alkyl halides is 3. The lowest BCUT2D eigenvalue weighted by Crippen LogP contribution is -2.41. The van der Waals surface area contributed by atoms with Crippen molar-refractivity contribution in [2.75, 3.05) is 30.3 Å². The molecule has 1 spiro atoms. The summed E-state index contributed by atoms with van der Waals surface area (Å²) in [7, 11) is 0. The zero-order chi connectivity index (χ0) is 29.4. The summed E-state index contributed by atoms with van der Waals surface area (Å²) in [6.07, 6.45) is -5.38. The maximum atomic E-state index is 14.5. The summed E-state index contributed by atoms with van der Waals surface area (Å²) < 4.78 is 49.0. The second kappa shape index (κ2) is 11.1. The number of ether oxygens (including phenoxy) is 1. The Balaban J connectivity index is 1.42. The molecule has 5 rings (SSSR count). The third-order valence-corrected chi connectivity index (χ3v) is 7.88. The molecule has 3 heterocycles. The fourth-order valence-corrected chi connectivity index (χ4v) is 5.70. The number of carbonyl (C=O) groups is 1. The molecule has 2 fully saturated rings. The van der Waals surface area contributed by atoms with Gasteiger partial charge in [-0.15, -0.1) is 0 Å². The number of benzene rings is 2. The molecule has 13 heteroatoms. The summed E-state index contributed by atoms with van der Waals surface area (Å²) in [5, 5.41) is 21.9. The Morgan fingerprint density at radius 1 is 1.22 bits per heavy atom. The van der Waals surface area contributed by atoms with E-state index in [1.165, 1.54) is 30.3 Å². The van der Waals surface area contributed by atoms with Crippen LogP contribution in [0.25, 0.3) is 11.1 Å². The Bertz CT molecular complexity index is 1500. The van der Waals surface area contributed by atoms with E-state index >= 15 is 0 Å². The number of anilines is 2. The van der Waals surface area contributed by atoms with Gasteiger partial charge in [0.2, 0.25) is 17.9 Å². The number of hydrogen-bond acceptors (Lipinski definition) is 8. The molecular weight excluding hydrogens is 561 g/mol. The van der Waals surface area contributed by atoms with Crippen LogP contribution in [0.5, 0.6) is 5.88 Å². The first-order chi connectivity index (χ1) is 19.5. The lowest BCUT2D eigenvalue weighted by Gasteiger charge is -2.39. The standard InChI is InChI=1S/C28H26ClF3N6O3/c29-18-4-5-19(20(11-18)17-3-1-2-16(10-17)14-33)24(28(30,31)32)41-23-12-22(36-26(34)37-23)38-8-6-27(7-9-38)13-21(25(39)40)35-15-27/h1-5,10-12,21,24,35H,6-9,13,15H2,(H,39,40)(H2,34,36,37)/t21-,24+/m0/s1. The molecule has 0 aliphatic carbocycles. The maximum Gasteiger partial charge on any atom is 0.429 e. The van der Waals surface area contributed by atoms with E-state index in [4.69, 9.17) is 22.1 Å². The van der Waals surface area contributed by atoms with Crippen molar-refractivity contribution in [1.29, 1.82) is 5.26 Å². The molecule has 0 amide bonds. The predicted molar refractivity (Wildman–Crippen MR) is 145 cm³/mol. The largest absolute Gasteiger partial charge is 0.480 e. The number of nitriles is 1. The highest BCUT2D eigenvalue weighted by Crippen LogP contribution is 2.43. The van der Waals surface area contributed by atoms with E-state index in [0.29, 0.717) is 50.3 Å². The second-order valence-electron chi connectivity index (χ2n) is 10.3. The van der Waals surface area contributed by atoms with Crippen LogP contribution in [0.15, 0.2) is 48.5 Å². The number of nitrogens with one attached hydrogen (secondary N) is 1. The molecule has 41 heavy (non-hydrogen) atoms. The van der Waals surface area contributed by atoms with Gasteiger partial charge in [-0.25, -0.2) is 0 Å². The molecule has 9 nitrogen and oxygen atoms in total. The molecule has 2 aliphatic rings. The van der Waals surface area contributed by atoms with Crippen molar-refractivity contribution in [2.45, 2.75) is 37.6 Å². The van der Waals surface area contributed by atoms with Crippen LogP contribution in [0.3, 0.4) is 0 Å². The van der Waals surface area contributed by atoms with Crippen LogP contribution in [0, 0.1) is 16.7 Å². The molecule has 0 bridgehead atoms. The van der Waals surface area contributed by atoms with Crippen molar-refractivity contribution in [2.24, 2.45) is 5.41 Å². The van der Waals surface area contributed by atoms with Gasteiger partial charge in [-0.1, -0.05) is 29.8 Å². The number of rotatable bonds is 6. The van der Waals surface area contributed by atoms with Gasteiger partial charge in [-0.3, -0.25) is 4.79 Å². The number of carboxylic acids is 1. The van der Waals surface area contributed by atoms with Crippen LogP contribution in [0.4, 0.5) is 24.9 Å². The predicted octanol–water partition coefficient (Wildman–Crippen LogP) is 4.97. The van der Waals surface area contributed by atoms with Crippen LogP contribution in [0.2, 0.25) is 5.02 Å². The minimum atomic E-state index is -4.84. The Labute approximate surface area is 238 Å². The van der Waals surface area contributed by atoms with Crippen molar-refractivity contribution >= 4 is 29.3 Å². The first-order valence-electron chi connectivity index (χ1n) is 12.9. The first-order valence-corrected chi connectivity index (χ1v) is 13.2. The Morgan fingerprint density at radius 3 is 2.63 bits per heavy atom. The molecular formula is C28H26ClF3N6O3. The van der Waals surface area contributed by atoms with Crippen LogP contribution in [-0.2, 0) is 4.79 Å². The number of nitrogens with two attached hydrogens (primary N) is 1. The van der Waals surface area contributed by atoms with Gasteiger partial charge in [0.05, 0.1) is 11.6 Å². The summed E-state index contributed by atoms with van der Waals surface area (Å²) in [6, 6.07) is 12.9. The fourth-order valence-electron chi connectivity index (χ4n) is 5.53. The third-order valence-electron chi connectivity index (χ3n) is 7.65. The van der Waals surface area contributed by atoms with E-state index in [0.717, 1.165) is 0 Å². The lowest BCUT2D eigenvalue weighted by molar-refractivity contribution is -0.198. The van der Waals surface area contributed by atoms with E-state index < -0.39 is 24.3 Å². The second-order valence-corrected chi connectivity index (χ2v) is 10.8. The van der Waals surface area contributed by atoms with Crippen molar-refractivity contribution in [3.8, 4) is 23.1 Å². The summed E-state index contributed by atoms with van der Waals surface area (Å²) in [5.74, 6) is -1.15. The zero-order valence-electron chi connectivity index (χ0n) is 21.7. The van der Waals surface area contributed by atoms with E-state index in [2.05, 4.69) is 15.3 Å². The number of carboxylic acid groups (broad SMARTS) is 1. The highest BCUT2D eigenvalue weighted by atomic mass is 35.5. The minimum Gasteiger partial charge on any atom is -0.480 e. The zero-order valence-corrected chi connectivity index (χ0v) is 22.4. The van der Waals surface area contributed by atoms with Gasteiger partial charge in [0.1, 0.15) is 11.9 Å². The molecule has 2 saturated heterocycles. The van der Waals surface area contributed by atoms with Gasteiger partial charge in [-0.05, 0) is 60.1 Å². The highest BCUT2D eigenvalue weighted by molar-refractivity contribution is 6.30. The van der Waals surface area contributed by atoms with E-state index in [1.54, 1.807) is 18.2 Å². The average molecular weight is 587 g/mol. The number of piperidine rings is 1. The van der Waals surface area contributed by atoms with Crippen molar-refractivity contribution in [3.05, 3.63) is 64.7 Å². The summed E-state index contributed by atoms with van der Waals surface area (Å²) in [6.45, 7) is 1.62. The van der Waals surface area contributed by atoms with E-state index in [1.807, 2.05) is 11.0 Å². The van der Waals surface area contributed by atoms with Crippen molar-refractivity contribution < 1.29 is 27.8 Å². The van der Waals surface area contributed by atoms with Crippen molar-refractivity contribution in [3.63, 3.8) is 0 Å². The molecule has 4 N–H and O–H groups in total. The Kier molecular flexibility index (Phi) is 7.68. The van der Waals surface area contributed by atoms with Gasteiger partial charge in [0.25, 0.3) is 0 Å². The smallest absolute Gasteiger partial charge is 0.429 e. The SMILES string of the molecule is N#Cc1cccc(-c2cc(Cl)ccc2[C@@H](Oc2cc(N3CCC4(CC3)CN[C@H](C(=O)O)C4)nc(N)n2)C(F)(F)F)c1. The summed E-state index contributed by atoms with van der Waals surface area (Å²) in [5.41, 5.74) is 6.33. The van der Waals surface area contributed by atoms with Crippen LogP contribution in [-0.4, -0.2) is 52.9 Å². The van der Waals surface area contributed by atoms with Gasteiger partial charge in [0, 0.05) is 36.3 Å². The molecule has 0 radical (unpaired) electrons. The number of halogens is 4. The lowest BCUT2D eigenvalue weighted by atomic mass is 9.76. The molecule has 0 unspecified atom stereocenters. The molecule has 2 aliphatic heterocycles. The van der Waals surface area contributed by atoms with E-state index in [9.17, 15) is 28.3 Å². The molecule has 214 valence electrons. The van der Waals surface area contributed by atoms with Gasteiger partial charge < -0.3 is 25.8 Å². The van der Waals surface area contributed by atoms with Gasteiger partial charge in [-0.2, -0.15) is 28.4 Å². The van der Waals surface area contributed by atoms with Crippen LogP contribution < -0.4 is 20.7 Å². The Morgan fingerprint density at radius 2 is 1.98 bits per heavy atom. The maximum absolute atomic E-state index is 14.5. The molecule has 2 atom stereocenters. The van der Waals surface area contributed by atoms with E-state index in [-0.39, 0.29) is 39.0 Å². The third kappa shape index (κ3) is 6.16. The fraction of sp³-hybridized carbons (Fsp3) is 0.357. The average Bonchev–Trinajstić information content (AvgIpc) is 3.35. The molecule has 3 aromatic rings. The van der Waals surface area contributed by atoms with Gasteiger partial charge >= 0.3 is 12.1 Å². The number of aliphatic carboxylic acids is 1. The normalized spacial score (nSPS) is 19.1. The molecule has 2 aromatic carbocycles. The topological polar surface area (TPSA) is 137 Å². The number of nitrogen functional groups attached to an aromatic ring is 1. The Hall–Kier alpha value is -4.08. The number of nitrogens with zero attached hydrogens (tertiary/aromatic N) is 4. The summed E-state index contributed by atoms with van der Waals surface area (Å²) >= 11 is 6.15. The minimum absolute atomic E-state index is 0.158. The van der Waals surface area contributed by atoms with Crippen molar-refractivity contribution in [1.82, 2.24) is 15.3 Å². The quantitative estimate of drug-likeness (QED) is 0.366. The van der Waals surface area contributed by atoms with Crippen LogP contribution in [0.1, 0.15) is 36.5 Å². The monoisotopic (exact) mass is 586 g/mol. The molecule has 1 aromatic heterocycles. The summed E-state index contributed by atoms with van der Waals surface area (Å²) in [4.78, 5) is 21.4.